The number of likely N-dealkylation sites (tertiary alicyclic amines) is 1. The van der Waals surface area contributed by atoms with Gasteiger partial charge in [0.05, 0.1) is 24.8 Å². The van der Waals surface area contributed by atoms with Gasteiger partial charge in [-0.25, -0.2) is 0 Å². The molecule has 3 rings (SSSR count). The Morgan fingerprint density at radius 3 is 2.46 bits per heavy atom. The van der Waals surface area contributed by atoms with Gasteiger partial charge in [0.25, 0.3) is 0 Å². The molecule has 1 atom stereocenters. The molecule has 0 saturated carbocycles. The number of aliphatic hydroxyl groups excluding tert-OH is 1. The Morgan fingerprint density at radius 2 is 1.85 bits per heavy atom. The Labute approximate surface area is 162 Å². The first-order chi connectivity index (χ1) is 12.5. The molecule has 0 radical (unpaired) electrons. The summed E-state index contributed by atoms with van der Waals surface area (Å²) in [6, 6.07) is 6.28. The number of anilines is 2. The molecular formula is C20H32ClN3O2. The van der Waals surface area contributed by atoms with E-state index >= 15 is 0 Å². The first-order valence-electron chi connectivity index (χ1n) is 9.65. The number of rotatable bonds is 6. The zero-order chi connectivity index (χ0) is 18.6. The summed E-state index contributed by atoms with van der Waals surface area (Å²) in [5.74, 6) is 1.03. The Hall–Kier alpha value is -1.17. The Balaban J connectivity index is 1.61. The molecule has 2 aliphatic rings. The van der Waals surface area contributed by atoms with E-state index in [1.165, 1.54) is 44.5 Å². The average molecular weight is 382 g/mol. The van der Waals surface area contributed by atoms with Crippen molar-refractivity contribution in [1.29, 1.82) is 0 Å². The van der Waals surface area contributed by atoms with E-state index in [1.54, 1.807) is 7.11 Å². The molecule has 0 amide bonds. The molecule has 26 heavy (non-hydrogen) atoms. The van der Waals surface area contributed by atoms with Crippen molar-refractivity contribution < 1.29 is 9.84 Å². The van der Waals surface area contributed by atoms with Crippen molar-refractivity contribution in [1.82, 2.24) is 4.90 Å². The highest BCUT2D eigenvalue weighted by Crippen LogP contribution is 2.42. The molecule has 2 aliphatic heterocycles. The van der Waals surface area contributed by atoms with Crippen molar-refractivity contribution in [2.75, 3.05) is 63.0 Å². The number of hydrogen-bond acceptors (Lipinski definition) is 5. The molecule has 6 heteroatoms. The van der Waals surface area contributed by atoms with Gasteiger partial charge in [-0.3, -0.25) is 0 Å². The van der Waals surface area contributed by atoms with Crippen LogP contribution in [-0.4, -0.2) is 68.9 Å². The van der Waals surface area contributed by atoms with E-state index in [9.17, 15) is 5.11 Å². The maximum atomic E-state index is 9.63. The van der Waals surface area contributed by atoms with Gasteiger partial charge in [-0.15, -0.1) is 11.6 Å². The van der Waals surface area contributed by atoms with Gasteiger partial charge in [0, 0.05) is 31.4 Å². The summed E-state index contributed by atoms with van der Waals surface area (Å²) >= 11 is 5.66. The molecular weight excluding hydrogens is 350 g/mol. The fraction of sp³-hybridized carbons (Fsp3) is 0.700. The van der Waals surface area contributed by atoms with Gasteiger partial charge in [-0.1, -0.05) is 0 Å². The average Bonchev–Trinajstić information content (AvgIpc) is 2.69. The molecule has 5 nitrogen and oxygen atoms in total. The summed E-state index contributed by atoms with van der Waals surface area (Å²) in [7, 11) is 3.92. The maximum Gasteiger partial charge on any atom is 0.144 e. The minimum absolute atomic E-state index is 0.221. The van der Waals surface area contributed by atoms with Crippen molar-refractivity contribution in [2.45, 2.75) is 31.8 Å². The van der Waals surface area contributed by atoms with Crippen molar-refractivity contribution in [3.8, 4) is 5.75 Å². The Kier molecular flexibility index (Phi) is 6.54. The SMILES string of the molecule is COc1cc(N2CCC3(CCN(C)CC3)CC2)ccc1NCC(O)CCl. The Morgan fingerprint density at radius 1 is 1.19 bits per heavy atom. The van der Waals surface area contributed by atoms with E-state index in [0.717, 1.165) is 24.5 Å². The third-order valence-electron chi connectivity index (χ3n) is 6.13. The zero-order valence-corrected chi connectivity index (χ0v) is 16.8. The second-order valence-corrected chi connectivity index (χ2v) is 8.17. The highest BCUT2D eigenvalue weighted by atomic mass is 35.5. The monoisotopic (exact) mass is 381 g/mol. The minimum atomic E-state index is -0.561. The highest BCUT2D eigenvalue weighted by Gasteiger charge is 2.36. The molecule has 1 spiro atoms. The first-order valence-corrected chi connectivity index (χ1v) is 10.2. The quantitative estimate of drug-likeness (QED) is 0.742. The fourth-order valence-electron chi connectivity index (χ4n) is 4.14. The standard InChI is InChI=1S/C20H32ClN3O2/c1-23-9-5-20(6-10-23)7-11-24(12-8-20)16-3-4-18(19(13-16)26-2)22-15-17(25)14-21/h3-4,13,17,22,25H,5-12,14-15H2,1-2H3. The molecule has 146 valence electrons. The largest absolute Gasteiger partial charge is 0.495 e. The van der Waals surface area contributed by atoms with Gasteiger partial charge in [0.15, 0.2) is 0 Å². The van der Waals surface area contributed by atoms with Crippen molar-refractivity contribution in [2.24, 2.45) is 5.41 Å². The number of aliphatic hydroxyl groups is 1. The predicted molar refractivity (Wildman–Crippen MR) is 109 cm³/mol. The number of hydrogen-bond donors (Lipinski definition) is 2. The van der Waals surface area contributed by atoms with Crippen LogP contribution in [0.1, 0.15) is 25.7 Å². The van der Waals surface area contributed by atoms with Gasteiger partial charge < -0.3 is 25.0 Å². The summed E-state index contributed by atoms with van der Waals surface area (Å²) in [4.78, 5) is 4.93. The molecule has 1 unspecified atom stereocenters. The van der Waals surface area contributed by atoms with Gasteiger partial charge in [0.2, 0.25) is 0 Å². The van der Waals surface area contributed by atoms with Crippen molar-refractivity contribution >= 4 is 23.0 Å². The molecule has 2 fully saturated rings. The summed E-state index contributed by atoms with van der Waals surface area (Å²) in [5.41, 5.74) is 2.67. The summed E-state index contributed by atoms with van der Waals surface area (Å²) in [5, 5.41) is 12.8. The molecule has 1 aromatic carbocycles. The number of nitrogens with zero attached hydrogens (tertiary/aromatic N) is 2. The zero-order valence-electron chi connectivity index (χ0n) is 16.0. The maximum absolute atomic E-state index is 9.63. The molecule has 2 saturated heterocycles. The Bertz CT molecular complexity index is 580. The van der Waals surface area contributed by atoms with E-state index in [2.05, 4.69) is 34.3 Å². The van der Waals surface area contributed by atoms with E-state index < -0.39 is 6.10 Å². The number of alkyl halides is 1. The molecule has 2 N–H and O–H groups in total. The topological polar surface area (TPSA) is 48.0 Å². The van der Waals surface area contributed by atoms with Crippen LogP contribution in [0.2, 0.25) is 0 Å². The number of nitrogens with one attached hydrogen (secondary N) is 1. The molecule has 0 bridgehead atoms. The molecule has 0 aromatic heterocycles. The van der Waals surface area contributed by atoms with Crippen LogP contribution in [0.4, 0.5) is 11.4 Å². The second-order valence-electron chi connectivity index (χ2n) is 7.86. The van der Waals surface area contributed by atoms with E-state index in [-0.39, 0.29) is 5.88 Å². The van der Waals surface area contributed by atoms with Crippen LogP contribution in [0.25, 0.3) is 0 Å². The summed E-state index contributed by atoms with van der Waals surface area (Å²) in [6.07, 6.45) is 4.68. The predicted octanol–water partition coefficient (Wildman–Crippen LogP) is 3.02. The van der Waals surface area contributed by atoms with Gasteiger partial charge in [0.1, 0.15) is 5.75 Å². The lowest BCUT2D eigenvalue weighted by Gasteiger charge is -2.47. The normalized spacial score (nSPS) is 21.6. The minimum Gasteiger partial charge on any atom is -0.495 e. The lowest BCUT2D eigenvalue weighted by molar-refractivity contribution is 0.0945. The van der Waals surface area contributed by atoms with Gasteiger partial charge in [-0.05, 0) is 63.4 Å². The molecule has 2 heterocycles. The fourth-order valence-corrected chi connectivity index (χ4v) is 4.25. The third-order valence-corrected chi connectivity index (χ3v) is 6.48. The summed E-state index contributed by atoms with van der Waals surface area (Å²) in [6.45, 7) is 5.12. The number of methoxy groups -OCH3 is 1. The molecule has 0 aliphatic carbocycles. The van der Waals surface area contributed by atoms with Gasteiger partial charge in [-0.2, -0.15) is 0 Å². The first kappa shape index (κ1) is 19.6. The third kappa shape index (κ3) is 4.56. The number of ether oxygens (including phenoxy) is 1. The van der Waals surface area contributed by atoms with E-state index in [4.69, 9.17) is 16.3 Å². The lowest BCUT2D eigenvalue weighted by Crippen LogP contribution is -2.46. The second kappa shape index (κ2) is 8.68. The van der Waals surface area contributed by atoms with Crippen LogP contribution in [0.3, 0.4) is 0 Å². The number of piperidine rings is 2. The van der Waals surface area contributed by atoms with E-state index in [1.807, 2.05) is 6.07 Å². The van der Waals surface area contributed by atoms with E-state index in [0.29, 0.717) is 12.0 Å². The molecule has 1 aromatic rings. The van der Waals surface area contributed by atoms with Crippen LogP contribution in [0.15, 0.2) is 18.2 Å². The number of benzene rings is 1. The van der Waals surface area contributed by atoms with Crippen molar-refractivity contribution in [3.63, 3.8) is 0 Å². The summed E-state index contributed by atoms with van der Waals surface area (Å²) < 4.78 is 5.56. The highest BCUT2D eigenvalue weighted by molar-refractivity contribution is 6.18. The van der Waals surface area contributed by atoms with Gasteiger partial charge >= 0.3 is 0 Å². The van der Waals surface area contributed by atoms with Crippen LogP contribution < -0.4 is 15.0 Å². The van der Waals surface area contributed by atoms with Crippen LogP contribution >= 0.6 is 11.6 Å². The lowest BCUT2D eigenvalue weighted by atomic mass is 9.71. The van der Waals surface area contributed by atoms with Crippen LogP contribution in [0, 0.1) is 5.41 Å². The number of halogens is 1. The van der Waals surface area contributed by atoms with Crippen molar-refractivity contribution in [3.05, 3.63) is 18.2 Å². The van der Waals surface area contributed by atoms with Crippen LogP contribution in [-0.2, 0) is 0 Å². The smallest absolute Gasteiger partial charge is 0.144 e. The van der Waals surface area contributed by atoms with Crippen LogP contribution in [0.5, 0.6) is 5.75 Å².